The van der Waals surface area contributed by atoms with Gasteiger partial charge in [-0.3, -0.25) is 4.79 Å². The van der Waals surface area contributed by atoms with Crippen LogP contribution in [0.1, 0.15) is 20.7 Å². The van der Waals surface area contributed by atoms with E-state index in [2.05, 4.69) is 5.32 Å². The Morgan fingerprint density at radius 1 is 1.14 bits per heavy atom. The van der Waals surface area contributed by atoms with E-state index < -0.39 is 11.9 Å². The van der Waals surface area contributed by atoms with E-state index in [1.54, 1.807) is 30.3 Å². The van der Waals surface area contributed by atoms with Crippen LogP contribution in [0.5, 0.6) is 11.5 Å². The number of carbonyl (C=O) groups excluding carboxylic acids is 1. The molecule has 0 aliphatic heterocycles. The largest absolute Gasteiger partial charge is 0.504 e. The van der Waals surface area contributed by atoms with E-state index in [-0.39, 0.29) is 22.7 Å². The lowest BCUT2D eigenvalue weighted by atomic mass is 10.1. The maximum atomic E-state index is 12.0. The summed E-state index contributed by atoms with van der Waals surface area (Å²) < 4.78 is 4.85. The Hall–Kier alpha value is -3.02. The lowest BCUT2D eigenvalue weighted by Gasteiger charge is -2.11. The molecule has 0 unspecified atom stereocenters. The maximum Gasteiger partial charge on any atom is 0.337 e. The summed E-state index contributed by atoms with van der Waals surface area (Å²) in [5, 5.41) is 21.3. The number of anilines is 1. The van der Waals surface area contributed by atoms with Crippen molar-refractivity contribution in [1.29, 1.82) is 0 Å². The SMILES string of the molecule is COc1cc(C(=O)O)c(NC(=O)c2ccccc2)cc1O. The number of aromatic hydroxyl groups is 1. The second-order valence-electron chi connectivity index (χ2n) is 4.19. The lowest BCUT2D eigenvalue weighted by molar-refractivity contribution is 0.0697. The highest BCUT2D eigenvalue weighted by Gasteiger charge is 2.17. The fraction of sp³-hybridized carbons (Fsp3) is 0.0667. The number of hydrogen-bond donors (Lipinski definition) is 3. The zero-order valence-corrected chi connectivity index (χ0v) is 11.2. The van der Waals surface area contributed by atoms with Crippen LogP contribution < -0.4 is 10.1 Å². The molecule has 21 heavy (non-hydrogen) atoms. The Morgan fingerprint density at radius 2 is 1.81 bits per heavy atom. The molecular formula is C15H13NO5. The number of carbonyl (C=O) groups is 2. The van der Waals surface area contributed by atoms with Crippen molar-refractivity contribution >= 4 is 17.6 Å². The normalized spacial score (nSPS) is 9.95. The Bertz CT molecular complexity index is 682. The first kappa shape index (κ1) is 14.4. The Balaban J connectivity index is 2.37. The van der Waals surface area contributed by atoms with Crippen LogP contribution in [0.25, 0.3) is 0 Å². The first-order valence-corrected chi connectivity index (χ1v) is 6.03. The van der Waals surface area contributed by atoms with E-state index in [1.165, 1.54) is 7.11 Å². The van der Waals surface area contributed by atoms with E-state index in [4.69, 9.17) is 4.74 Å². The van der Waals surface area contributed by atoms with E-state index >= 15 is 0 Å². The number of methoxy groups -OCH3 is 1. The standard InChI is InChI=1S/C15H13NO5/c1-21-13-7-10(15(19)20)11(8-12(13)17)16-14(18)9-5-3-2-4-6-9/h2-8,17H,1H3,(H,16,18)(H,19,20). The first-order chi connectivity index (χ1) is 10.0. The van der Waals surface area contributed by atoms with Crippen LogP contribution >= 0.6 is 0 Å². The van der Waals surface area contributed by atoms with Gasteiger partial charge < -0.3 is 20.3 Å². The van der Waals surface area contributed by atoms with Crippen molar-refractivity contribution < 1.29 is 24.5 Å². The average molecular weight is 287 g/mol. The minimum absolute atomic E-state index is 0.00495. The smallest absolute Gasteiger partial charge is 0.337 e. The van der Waals surface area contributed by atoms with Gasteiger partial charge >= 0.3 is 5.97 Å². The van der Waals surface area contributed by atoms with Crippen molar-refractivity contribution in [2.24, 2.45) is 0 Å². The van der Waals surface area contributed by atoms with Crippen molar-refractivity contribution in [3.05, 3.63) is 53.6 Å². The summed E-state index contributed by atoms with van der Waals surface area (Å²) in [5.41, 5.74) is 0.202. The van der Waals surface area contributed by atoms with Gasteiger partial charge in [-0.25, -0.2) is 4.79 Å². The molecule has 2 aromatic carbocycles. The molecule has 0 aliphatic rings. The van der Waals surface area contributed by atoms with Gasteiger partial charge in [-0.05, 0) is 12.1 Å². The summed E-state index contributed by atoms with van der Waals surface area (Å²) in [6.07, 6.45) is 0. The highest BCUT2D eigenvalue weighted by atomic mass is 16.5. The average Bonchev–Trinajstić information content (AvgIpc) is 2.48. The molecule has 108 valence electrons. The molecule has 0 bridgehead atoms. The minimum Gasteiger partial charge on any atom is -0.504 e. The van der Waals surface area contributed by atoms with Crippen LogP contribution in [0.4, 0.5) is 5.69 Å². The number of amides is 1. The topological polar surface area (TPSA) is 95.9 Å². The molecule has 0 saturated heterocycles. The number of aromatic carboxylic acids is 1. The van der Waals surface area contributed by atoms with Gasteiger partial charge in [0.1, 0.15) is 0 Å². The zero-order valence-electron chi connectivity index (χ0n) is 11.2. The highest BCUT2D eigenvalue weighted by Crippen LogP contribution is 2.32. The Kier molecular flexibility index (Phi) is 4.08. The summed E-state index contributed by atoms with van der Waals surface area (Å²) in [6, 6.07) is 10.6. The molecule has 0 saturated carbocycles. The molecule has 2 rings (SSSR count). The third-order valence-corrected chi connectivity index (χ3v) is 2.83. The van der Waals surface area contributed by atoms with Crippen molar-refractivity contribution in [2.45, 2.75) is 0 Å². The van der Waals surface area contributed by atoms with E-state index in [9.17, 15) is 19.8 Å². The molecule has 0 aromatic heterocycles. The number of phenolic OH excluding ortho intramolecular Hbond substituents is 1. The molecule has 3 N–H and O–H groups in total. The molecule has 2 aromatic rings. The van der Waals surface area contributed by atoms with E-state index in [0.717, 1.165) is 12.1 Å². The predicted molar refractivity (Wildman–Crippen MR) is 76.0 cm³/mol. The van der Waals surface area contributed by atoms with Crippen molar-refractivity contribution in [2.75, 3.05) is 12.4 Å². The molecule has 0 radical (unpaired) electrons. The Morgan fingerprint density at radius 3 is 2.38 bits per heavy atom. The summed E-state index contributed by atoms with van der Waals surface area (Å²) >= 11 is 0. The molecule has 0 heterocycles. The monoisotopic (exact) mass is 287 g/mol. The van der Waals surface area contributed by atoms with E-state index in [1.807, 2.05) is 0 Å². The Labute approximate surface area is 120 Å². The summed E-state index contributed by atoms with van der Waals surface area (Å²) in [4.78, 5) is 23.3. The minimum atomic E-state index is -1.24. The number of ether oxygens (including phenoxy) is 1. The predicted octanol–water partition coefficient (Wildman–Crippen LogP) is 2.35. The third-order valence-electron chi connectivity index (χ3n) is 2.83. The summed E-state index contributed by atoms with van der Waals surface area (Å²) in [5.74, 6) is -1.95. The first-order valence-electron chi connectivity index (χ1n) is 6.03. The van der Waals surface area contributed by atoms with Gasteiger partial charge in [0.2, 0.25) is 0 Å². The number of phenols is 1. The molecule has 0 fully saturated rings. The van der Waals surface area contributed by atoms with Gasteiger partial charge in [-0.2, -0.15) is 0 Å². The number of nitrogens with one attached hydrogen (secondary N) is 1. The second-order valence-corrected chi connectivity index (χ2v) is 4.19. The zero-order chi connectivity index (χ0) is 15.4. The maximum absolute atomic E-state index is 12.0. The highest BCUT2D eigenvalue weighted by molar-refractivity contribution is 6.08. The summed E-state index contributed by atoms with van der Waals surface area (Å²) in [7, 11) is 1.31. The molecule has 0 aliphatic carbocycles. The van der Waals surface area contributed by atoms with Gasteiger partial charge in [0.25, 0.3) is 5.91 Å². The van der Waals surface area contributed by atoms with Crippen LogP contribution in [0, 0.1) is 0 Å². The number of rotatable bonds is 4. The van der Waals surface area contributed by atoms with Gasteiger partial charge in [0.05, 0.1) is 18.4 Å². The quantitative estimate of drug-likeness (QED) is 0.802. The number of hydrogen-bond acceptors (Lipinski definition) is 4. The fourth-order valence-electron chi connectivity index (χ4n) is 1.80. The van der Waals surface area contributed by atoms with Crippen LogP contribution in [-0.4, -0.2) is 29.2 Å². The van der Waals surface area contributed by atoms with Crippen LogP contribution in [-0.2, 0) is 0 Å². The number of carboxylic acid groups (broad SMARTS) is 1. The number of carboxylic acids is 1. The lowest BCUT2D eigenvalue weighted by Crippen LogP contribution is -2.14. The van der Waals surface area contributed by atoms with Crippen LogP contribution in [0.2, 0.25) is 0 Å². The van der Waals surface area contributed by atoms with Crippen molar-refractivity contribution in [1.82, 2.24) is 0 Å². The molecule has 0 spiro atoms. The molecule has 6 heteroatoms. The number of benzene rings is 2. The van der Waals surface area contributed by atoms with Gasteiger partial charge in [0, 0.05) is 17.7 Å². The summed E-state index contributed by atoms with van der Waals surface area (Å²) in [6.45, 7) is 0. The van der Waals surface area contributed by atoms with Gasteiger partial charge in [-0.1, -0.05) is 18.2 Å². The van der Waals surface area contributed by atoms with Crippen molar-refractivity contribution in [3.8, 4) is 11.5 Å². The van der Waals surface area contributed by atoms with Gasteiger partial charge in [-0.15, -0.1) is 0 Å². The molecule has 0 atom stereocenters. The van der Waals surface area contributed by atoms with E-state index in [0.29, 0.717) is 5.56 Å². The molecular weight excluding hydrogens is 274 g/mol. The molecule has 1 amide bonds. The fourth-order valence-corrected chi connectivity index (χ4v) is 1.80. The van der Waals surface area contributed by atoms with Crippen LogP contribution in [0.3, 0.4) is 0 Å². The van der Waals surface area contributed by atoms with Crippen molar-refractivity contribution in [3.63, 3.8) is 0 Å². The third kappa shape index (κ3) is 3.11. The second kappa shape index (κ2) is 5.96. The molecule has 6 nitrogen and oxygen atoms in total. The van der Waals surface area contributed by atoms with Crippen LogP contribution in [0.15, 0.2) is 42.5 Å². The van der Waals surface area contributed by atoms with Gasteiger partial charge in [0.15, 0.2) is 11.5 Å².